The summed E-state index contributed by atoms with van der Waals surface area (Å²) in [5.74, 6) is 1.25. The van der Waals surface area contributed by atoms with Crippen LogP contribution < -0.4 is 0 Å². The van der Waals surface area contributed by atoms with E-state index in [1.165, 1.54) is 0 Å². The van der Waals surface area contributed by atoms with Gasteiger partial charge < -0.3 is 9.52 Å². The van der Waals surface area contributed by atoms with Gasteiger partial charge in [0.05, 0.1) is 36.4 Å². The Hall–Kier alpha value is -1.45. The van der Waals surface area contributed by atoms with E-state index in [0.29, 0.717) is 23.2 Å². The summed E-state index contributed by atoms with van der Waals surface area (Å²) in [5.41, 5.74) is 0.891. The van der Waals surface area contributed by atoms with Crippen LogP contribution in [0, 0.1) is 0 Å². The summed E-state index contributed by atoms with van der Waals surface area (Å²) in [7, 11) is -3.12. The number of hydrogen-bond donors (Lipinski definition) is 1. The molecule has 1 aromatic heterocycles. The molecule has 3 heterocycles. The average Bonchev–Trinajstić information content (AvgIpc) is 3.19. The molecule has 9 heteroatoms. The topological polar surface area (TPSA) is 86.9 Å². The standard InChI is InChI=1S/C18H22ClN3O4S/c19-14-3-1-2-13(8-14)17-9-20-18(26-17)10-21-4-6-22(7-5-21)15-11-27(24,25)12-16(15)23/h1-3,8-9,15-16,23H,4-7,10-12H2/t15-,16+/m0/s1. The van der Waals surface area contributed by atoms with Crippen LogP contribution in [0.3, 0.4) is 0 Å². The zero-order chi connectivity index (χ0) is 19.0. The van der Waals surface area contributed by atoms with Gasteiger partial charge in [0.1, 0.15) is 0 Å². The van der Waals surface area contributed by atoms with Crippen LogP contribution in [-0.2, 0) is 16.4 Å². The van der Waals surface area contributed by atoms with Crippen molar-refractivity contribution < 1.29 is 17.9 Å². The molecule has 2 atom stereocenters. The van der Waals surface area contributed by atoms with E-state index in [4.69, 9.17) is 16.0 Å². The number of halogens is 1. The number of rotatable bonds is 4. The van der Waals surface area contributed by atoms with Crippen molar-refractivity contribution in [1.29, 1.82) is 0 Å². The van der Waals surface area contributed by atoms with Crippen LogP contribution in [0.2, 0.25) is 5.02 Å². The van der Waals surface area contributed by atoms with Gasteiger partial charge in [-0.2, -0.15) is 0 Å². The van der Waals surface area contributed by atoms with E-state index in [-0.39, 0.29) is 17.5 Å². The molecule has 0 saturated carbocycles. The lowest BCUT2D eigenvalue weighted by Gasteiger charge is -2.38. The molecule has 146 valence electrons. The van der Waals surface area contributed by atoms with E-state index in [1.54, 1.807) is 6.20 Å². The minimum atomic E-state index is -3.12. The van der Waals surface area contributed by atoms with E-state index in [1.807, 2.05) is 24.3 Å². The Labute approximate surface area is 163 Å². The number of hydrogen-bond acceptors (Lipinski definition) is 7. The van der Waals surface area contributed by atoms with E-state index >= 15 is 0 Å². The van der Waals surface area contributed by atoms with Gasteiger partial charge in [-0.15, -0.1) is 0 Å². The fraction of sp³-hybridized carbons (Fsp3) is 0.500. The van der Waals surface area contributed by atoms with Crippen molar-refractivity contribution in [1.82, 2.24) is 14.8 Å². The maximum Gasteiger partial charge on any atom is 0.209 e. The molecular weight excluding hydrogens is 390 g/mol. The monoisotopic (exact) mass is 411 g/mol. The van der Waals surface area contributed by atoms with Gasteiger partial charge in [-0.05, 0) is 12.1 Å². The molecule has 0 bridgehead atoms. The normalized spacial score (nSPS) is 26.4. The van der Waals surface area contributed by atoms with Crippen molar-refractivity contribution in [3.63, 3.8) is 0 Å². The van der Waals surface area contributed by atoms with E-state index < -0.39 is 15.9 Å². The Morgan fingerprint density at radius 3 is 2.67 bits per heavy atom. The summed E-state index contributed by atoms with van der Waals surface area (Å²) in [4.78, 5) is 8.66. The lowest BCUT2D eigenvalue weighted by Crippen LogP contribution is -2.53. The Morgan fingerprint density at radius 1 is 1.22 bits per heavy atom. The van der Waals surface area contributed by atoms with Gasteiger partial charge in [-0.3, -0.25) is 9.80 Å². The van der Waals surface area contributed by atoms with E-state index in [0.717, 1.165) is 31.7 Å². The molecule has 27 heavy (non-hydrogen) atoms. The zero-order valence-electron chi connectivity index (χ0n) is 14.8. The summed E-state index contributed by atoms with van der Waals surface area (Å²) in [6.07, 6.45) is 0.922. The van der Waals surface area contributed by atoms with Crippen LogP contribution in [-0.4, -0.2) is 78.1 Å². The molecular formula is C18H22ClN3O4S. The number of piperazine rings is 1. The van der Waals surface area contributed by atoms with Crippen LogP contribution in [0.5, 0.6) is 0 Å². The van der Waals surface area contributed by atoms with Gasteiger partial charge >= 0.3 is 0 Å². The van der Waals surface area contributed by atoms with Gasteiger partial charge in [0.15, 0.2) is 15.6 Å². The number of aliphatic hydroxyl groups excluding tert-OH is 1. The SMILES string of the molecule is O=S1(=O)C[C@@H](O)[C@@H](N2CCN(Cc3ncc(-c4cccc(Cl)c4)o3)CC2)C1. The first-order valence-corrected chi connectivity index (χ1v) is 11.2. The van der Waals surface area contributed by atoms with Crippen molar-refractivity contribution in [2.24, 2.45) is 0 Å². The molecule has 1 N–H and O–H groups in total. The summed E-state index contributed by atoms with van der Waals surface area (Å²) < 4.78 is 29.3. The summed E-state index contributed by atoms with van der Waals surface area (Å²) >= 11 is 6.02. The minimum Gasteiger partial charge on any atom is -0.439 e. The maximum absolute atomic E-state index is 11.7. The third-order valence-electron chi connectivity index (χ3n) is 5.19. The third kappa shape index (κ3) is 4.35. The number of aliphatic hydroxyl groups is 1. The first kappa shape index (κ1) is 18.9. The van der Waals surface area contributed by atoms with Crippen molar-refractivity contribution >= 4 is 21.4 Å². The van der Waals surface area contributed by atoms with Crippen molar-refractivity contribution in [3.05, 3.63) is 41.4 Å². The second-order valence-corrected chi connectivity index (χ2v) is 9.74. The van der Waals surface area contributed by atoms with E-state index in [9.17, 15) is 13.5 Å². The third-order valence-corrected chi connectivity index (χ3v) is 7.12. The molecule has 2 aromatic rings. The summed E-state index contributed by atoms with van der Waals surface area (Å²) in [6.45, 7) is 3.59. The van der Waals surface area contributed by atoms with Crippen molar-refractivity contribution in [2.45, 2.75) is 18.7 Å². The minimum absolute atomic E-state index is 0.0525. The lowest BCUT2D eigenvalue weighted by atomic mass is 10.1. The molecule has 2 saturated heterocycles. The highest BCUT2D eigenvalue weighted by atomic mass is 35.5. The molecule has 0 amide bonds. The van der Waals surface area contributed by atoms with Gasteiger partial charge in [0.2, 0.25) is 5.89 Å². The Bertz CT molecular complexity index is 909. The second-order valence-electron chi connectivity index (χ2n) is 7.15. The largest absolute Gasteiger partial charge is 0.439 e. The fourth-order valence-corrected chi connectivity index (χ4v) is 5.78. The van der Waals surface area contributed by atoms with Crippen LogP contribution in [0.1, 0.15) is 5.89 Å². The maximum atomic E-state index is 11.7. The molecule has 1 aromatic carbocycles. The smallest absolute Gasteiger partial charge is 0.209 e. The van der Waals surface area contributed by atoms with Crippen LogP contribution in [0.25, 0.3) is 11.3 Å². The number of nitrogens with zero attached hydrogens (tertiary/aromatic N) is 3. The van der Waals surface area contributed by atoms with E-state index in [2.05, 4.69) is 14.8 Å². The number of benzene rings is 1. The highest BCUT2D eigenvalue weighted by molar-refractivity contribution is 7.91. The van der Waals surface area contributed by atoms with Crippen LogP contribution in [0.15, 0.2) is 34.9 Å². The molecule has 0 unspecified atom stereocenters. The highest BCUT2D eigenvalue weighted by Gasteiger charge is 2.40. The molecule has 0 aliphatic carbocycles. The van der Waals surface area contributed by atoms with Gasteiger partial charge in [-0.25, -0.2) is 13.4 Å². The number of aromatic nitrogens is 1. The fourth-order valence-electron chi connectivity index (χ4n) is 3.76. The Morgan fingerprint density at radius 2 is 2.00 bits per heavy atom. The van der Waals surface area contributed by atoms with Gasteiger partial charge in [0.25, 0.3) is 0 Å². The Kier molecular flexibility index (Phi) is 5.26. The highest BCUT2D eigenvalue weighted by Crippen LogP contribution is 2.24. The van der Waals surface area contributed by atoms with Crippen LogP contribution >= 0.6 is 11.6 Å². The number of sulfone groups is 1. The first-order valence-electron chi connectivity index (χ1n) is 8.95. The predicted molar refractivity (Wildman–Crippen MR) is 102 cm³/mol. The summed E-state index contributed by atoms with van der Waals surface area (Å²) in [6, 6.07) is 7.17. The molecule has 2 aliphatic rings. The quantitative estimate of drug-likeness (QED) is 0.810. The molecule has 4 rings (SSSR count). The first-order chi connectivity index (χ1) is 12.9. The van der Waals surface area contributed by atoms with Gasteiger partial charge in [0, 0.05) is 36.8 Å². The lowest BCUT2D eigenvalue weighted by molar-refractivity contribution is 0.0402. The molecule has 0 spiro atoms. The van der Waals surface area contributed by atoms with Crippen LogP contribution in [0.4, 0.5) is 0 Å². The van der Waals surface area contributed by atoms with Gasteiger partial charge in [-0.1, -0.05) is 23.7 Å². The molecule has 7 nitrogen and oxygen atoms in total. The van der Waals surface area contributed by atoms with Crippen molar-refractivity contribution in [3.8, 4) is 11.3 Å². The number of oxazole rings is 1. The zero-order valence-corrected chi connectivity index (χ0v) is 16.4. The second kappa shape index (κ2) is 7.52. The van der Waals surface area contributed by atoms with Crippen molar-refractivity contribution in [2.75, 3.05) is 37.7 Å². The molecule has 0 radical (unpaired) electrons. The summed E-state index contributed by atoms with van der Waals surface area (Å²) in [5, 5.41) is 10.7. The average molecular weight is 412 g/mol. The molecule has 2 fully saturated rings. The molecule has 2 aliphatic heterocycles. The Balaban J connectivity index is 1.34. The predicted octanol–water partition coefficient (Wildman–Crippen LogP) is 1.27.